The summed E-state index contributed by atoms with van der Waals surface area (Å²) in [7, 11) is -4.15. The Bertz CT molecular complexity index is 1300. The number of ether oxygens (including phenoxy) is 1. The number of nitrogens with zero attached hydrogens (tertiary/aromatic N) is 1. The summed E-state index contributed by atoms with van der Waals surface area (Å²) in [5, 5.41) is 0. The Hall–Kier alpha value is -3.45. The van der Waals surface area contributed by atoms with Gasteiger partial charge in [-0.15, -0.1) is 0 Å². The van der Waals surface area contributed by atoms with Gasteiger partial charge in [0.2, 0.25) is 15.6 Å². The van der Waals surface area contributed by atoms with Crippen LogP contribution in [0.3, 0.4) is 0 Å². The van der Waals surface area contributed by atoms with Crippen LogP contribution < -0.4 is 9.64 Å². The third kappa shape index (κ3) is 3.91. The minimum Gasteiger partial charge on any atom is -0.494 e. The summed E-state index contributed by atoms with van der Waals surface area (Å²) < 4.78 is 46.1. The molecule has 7 heteroatoms. The number of allylic oxidation sites excluding steroid dienone is 1. The number of carbonyl (C=O) groups is 1. The number of ketones is 1. The van der Waals surface area contributed by atoms with Gasteiger partial charge < -0.3 is 9.64 Å². The van der Waals surface area contributed by atoms with Crippen molar-refractivity contribution in [3.8, 4) is 5.75 Å². The van der Waals surface area contributed by atoms with Gasteiger partial charge >= 0.3 is 0 Å². The van der Waals surface area contributed by atoms with Crippen LogP contribution in [0.5, 0.6) is 5.75 Å². The van der Waals surface area contributed by atoms with E-state index < -0.39 is 21.4 Å². The van der Waals surface area contributed by atoms with Crippen molar-refractivity contribution in [2.75, 3.05) is 11.5 Å². The quantitative estimate of drug-likeness (QED) is 0.369. The summed E-state index contributed by atoms with van der Waals surface area (Å²) in [6.07, 6.45) is 2.12. The van der Waals surface area contributed by atoms with E-state index in [2.05, 4.69) is 0 Å². The first-order chi connectivity index (χ1) is 15.3. The Morgan fingerprint density at radius 1 is 0.969 bits per heavy atom. The van der Waals surface area contributed by atoms with Crippen molar-refractivity contribution in [2.24, 2.45) is 0 Å². The predicted molar refractivity (Wildman–Crippen MR) is 122 cm³/mol. The number of fused-ring (bicyclic) bond motifs is 1. The fourth-order valence-electron chi connectivity index (χ4n) is 3.58. The second-order valence-corrected chi connectivity index (χ2v) is 9.17. The Morgan fingerprint density at radius 2 is 1.66 bits per heavy atom. The third-order valence-electron chi connectivity index (χ3n) is 5.28. The van der Waals surface area contributed by atoms with E-state index >= 15 is 0 Å². The van der Waals surface area contributed by atoms with Crippen LogP contribution in [0, 0.1) is 5.82 Å². The van der Waals surface area contributed by atoms with Crippen LogP contribution in [-0.4, -0.2) is 20.8 Å². The number of sulfone groups is 1. The molecule has 0 atom stereocenters. The monoisotopic (exact) mass is 451 g/mol. The fourth-order valence-corrected chi connectivity index (χ4v) is 5.10. The summed E-state index contributed by atoms with van der Waals surface area (Å²) in [5.74, 6) is -0.620. The summed E-state index contributed by atoms with van der Waals surface area (Å²) >= 11 is 0. The molecule has 5 nitrogen and oxygen atoms in total. The molecular formula is C25H22FNO4S. The fraction of sp³-hybridized carbons (Fsp3) is 0.160. The van der Waals surface area contributed by atoms with Crippen LogP contribution in [0.2, 0.25) is 0 Å². The van der Waals surface area contributed by atoms with Crippen LogP contribution in [-0.2, 0) is 16.3 Å². The molecule has 1 aliphatic rings. The van der Waals surface area contributed by atoms with Gasteiger partial charge in [-0.05, 0) is 73.5 Å². The van der Waals surface area contributed by atoms with E-state index in [4.69, 9.17) is 4.74 Å². The van der Waals surface area contributed by atoms with Crippen LogP contribution in [0.15, 0.2) is 82.7 Å². The molecule has 0 radical (unpaired) electrons. The first-order valence-electron chi connectivity index (χ1n) is 10.3. The molecule has 1 heterocycles. The molecule has 3 aromatic carbocycles. The maximum Gasteiger partial charge on any atom is 0.214 e. The van der Waals surface area contributed by atoms with E-state index in [0.29, 0.717) is 18.0 Å². The summed E-state index contributed by atoms with van der Waals surface area (Å²) in [6, 6.07) is 17.2. The first-order valence-corrected chi connectivity index (χ1v) is 11.8. The number of halogens is 1. The Labute approximate surface area is 186 Å². The second-order valence-electron chi connectivity index (χ2n) is 7.29. The largest absolute Gasteiger partial charge is 0.494 e. The Balaban J connectivity index is 1.84. The van der Waals surface area contributed by atoms with E-state index in [1.165, 1.54) is 24.4 Å². The van der Waals surface area contributed by atoms with Crippen molar-refractivity contribution < 1.29 is 22.3 Å². The minimum absolute atomic E-state index is 0.116. The van der Waals surface area contributed by atoms with Crippen molar-refractivity contribution in [1.29, 1.82) is 0 Å². The second kappa shape index (κ2) is 8.59. The molecule has 32 heavy (non-hydrogen) atoms. The lowest BCUT2D eigenvalue weighted by Crippen LogP contribution is -2.26. The van der Waals surface area contributed by atoms with Gasteiger partial charge in [0.15, 0.2) is 0 Å². The van der Waals surface area contributed by atoms with E-state index in [1.54, 1.807) is 17.0 Å². The molecule has 0 aromatic heterocycles. The summed E-state index contributed by atoms with van der Waals surface area (Å²) in [6.45, 7) is 4.35. The minimum atomic E-state index is -4.15. The molecule has 164 valence electrons. The van der Waals surface area contributed by atoms with Crippen molar-refractivity contribution in [3.05, 3.63) is 94.8 Å². The molecule has 0 saturated carbocycles. The van der Waals surface area contributed by atoms with E-state index in [9.17, 15) is 17.6 Å². The lowest BCUT2D eigenvalue weighted by atomic mass is 10.1. The maximum atomic E-state index is 14.1. The van der Waals surface area contributed by atoms with Crippen molar-refractivity contribution >= 4 is 27.0 Å². The average molecular weight is 452 g/mol. The van der Waals surface area contributed by atoms with Crippen LogP contribution in [0.4, 0.5) is 15.8 Å². The lowest BCUT2D eigenvalue weighted by Gasteiger charge is -2.29. The highest BCUT2D eigenvalue weighted by atomic mass is 32.2. The number of hydrogen-bond acceptors (Lipinski definition) is 5. The molecule has 3 aromatic rings. The third-order valence-corrected chi connectivity index (χ3v) is 7.07. The van der Waals surface area contributed by atoms with Crippen LogP contribution >= 0.6 is 0 Å². The van der Waals surface area contributed by atoms with Gasteiger partial charge in [0.25, 0.3) is 0 Å². The zero-order valence-corrected chi connectivity index (χ0v) is 18.5. The summed E-state index contributed by atoms with van der Waals surface area (Å²) in [4.78, 5) is 14.3. The predicted octanol–water partition coefficient (Wildman–Crippen LogP) is 5.44. The zero-order valence-electron chi connectivity index (χ0n) is 17.7. The number of carbonyl (C=O) groups excluding carboxylic acids is 1. The lowest BCUT2D eigenvalue weighted by molar-refractivity contribution is 0.104. The van der Waals surface area contributed by atoms with E-state index in [-0.39, 0.29) is 21.1 Å². The van der Waals surface area contributed by atoms with Crippen LogP contribution in [0.25, 0.3) is 0 Å². The normalized spacial score (nSPS) is 14.5. The van der Waals surface area contributed by atoms with Gasteiger partial charge in [-0.1, -0.05) is 19.1 Å². The highest BCUT2D eigenvalue weighted by Gasteiger charge is 2.36. The molecule has 0 N–H and O–H groups in total. The van der Waals surface area contributed by atoms with Gasteiger partial charge in [0.1, 0.15) is 16.5 Å². The average Bonchev–Trinajstić information content (AvgIpc) is 2.79. The molecule has 0 amide bonds. The number of benzene rings is 3. The van der Waals surface area contributed by atoms with E-state index in [0.717, 1.165) is 24.1 Å². The van der Waals surface area contributed by atoms with Crippen molar-refractivity contribution in [3.63, 3.8) is 0 Å². The van der Waals surface area contributed by atoms with Gasteiger partial charge in [-0.2, -0.15) is 0 Å². The SMILES string of the molecule is CCOc1ccc(C(=O)C2=CN(c3ccc(CC)cc3)c3cc(F)ccc3S2(=O)=O)cc1. The molecular weight excluding hydrogens is 429 g/mol. The summed E-state index contributed by atoms with van der Waals surface area (Å²) in [5.41, 5.74) is 2.11. The highest BCUT2D eigenvalue weighted by Crippen LogP contribution is 2.41. The van der Waals surface area contributed by atoms with E-state index in [1.807, 2.05) is 38.1 Å². The number of anilines is 2. The number of rotatable bonds is 6. The van der Waals surface area contributed by atoms with Crippen molar-refractivity contribution in [1.82, 2.24) is 0 Å². The van der Waals surface area contributed by atoms with Crippen LogP contribution in [0.1, 0.15) is 29.8 Å². The Morgan fingerprint density at radius 3 is 2.28 bits per heavy atom. The molecule has 4 rings (SSSR count). The number of Topliss-reactive ketones (excluding diaryl/α,β-unsaturated/α-hetero) is 1. The van der Waals surface area contributed by atoms with Gasteiger partial charge in [-0.3, -0.25) is 4.79 Å². The molecule has 1 aliphatic heterocycles. The molecule has 0 saturated heterocycles. The first kappa shape index (κ1) is 21.8. The molecule has 0 bridgehead atoms. The van der Waals surface area contributed by atoms with Gasteiger partial charge in [0.05, 0.1) is 17.2 Å². The molecule has 0 aliphatic carbocycles. The molecule has 0 spiro atoms. The smallest absolute Gasteiger partial charge is 0.214 e. The van der Waals surface area contributed by atoms with Gasteiger partial charge in [0, 0.05) is 17.5 Å². The molecule has 0 fully saturated rings. The topological polar surface area (TPSA) is 63.7 Å². The van der Waals surface area contributed by atoms with Crippen molar-refractivity contribution in [2.45, 2.75) is 25.2 Å². The Kier molecular flexibility index (Phi) is 5.84. The molecule has 0 unspecified atom stereocenters. The maximum absolute atomic E-state index is 14.1. The zero-order chi connectivity index (χ0) is 22.9. The highest BCUT2D eigenvalue weighted by molar-refractivity contribution is 7.96. The number of hydrogen-bond donors (Lipinski definition) is 0. The standard InChI is InChI=1S/C25H22FNO4S/c1-3-17-5-10-20(11-6-17)27-16-24(25(28)18-7-12-21(13-8-18)31-4-2)32(29,30)23-14-9-19(26)15-22(23)27/h5-16H,3-4H2,1-2H3. The van der Waals surface area contributed by atoms with Gasteiger partial charge in [-0.25, -0.2) is 12.8 Å². The number of aryl methyl sites for hydroxylation is 1.